The van der Waals surface area contributed by atoms with Crippen LogP contribution in [-0.2, 0) is 24.2 Å². The van der Waals surface area contributed by atoms with Crippen molar-refractivity contribution in [3.8, 4) is 16.9 Å². The SMILES string of the molecule is c1cc(C[C@H]2Cc3ccccc3CO2)cc(-c2cncc(OC[C@@H]3CCN3)c2)c1. The largest absolute Gasteiger partial charge is 0.490 e. The first-order valence-electron chi connectivity index (χ1n) is 10.4. The van der Waals surface area contributed by atoms with Gasteiger partial charge in [0, 0.05) is 17.8 Å². The number of hydrogen-bond acceptors (Lipinski definition) is 4. The molecule has 0 spiro atoms. The Hall–Kier alpha value is -2.69. The van der Waals surface area contributed by atoms with E-state index in [1.165, 1.54) is 28.7 Å². The second kappa shape index (κ2) is 8.36. The fourth-order valence-electron chi connectivity index (χ4n) is 4.02. The van der Waals surface area contributed by atoms with E-state index >= 15 is 0 Å². The maximum Gasteiger partial charge on any atom is 0.138 e. The average molecular weight is 386 g/mol. The summed E-state index contributed by atoms with van der Waals surface area (Å²) >= 11 is 0. The van der Waals surface area contributed by atoms with Gasteiger partial charge in [0.05, 0.1) is 18.9 Å². The molecule has 0 saturated carbocycles. The van der Waals surface area contributed by atoms with Crippen LogP contribution in [0.3, 0.4) is 0 Å². The molecule has 4 nitrogen and oxygen atoms in total. The standard InChI is InChI=1S/C25H26N2O2/c1-2-6-21-16-28-24(12-20(21)5-1)11-18-4-3-7-19(10-18)22-13-25(15-26-14-22)29-17-23-8-9-27-23/h1-7,10,13-15,23-24,27H,8-9,11-12,16-17H2/t23-,24-/m0/s1. The van der Waals surface area contributed by atoms with Gasteiger partial charge in [0.2, 0.25) is 0 Å². The van der Waals surface area contributed by atoms with Crippen LogP contribution >= 0.6 is 0 Å². The van der Waals surface area contributed by atoms with Gasteiger partial charge in [-0.05, 0) is 54.1 Å². The zero-order chi connectivity index (χ0) is 19.5. The lowest BCUT2D eigenvalue weighted by molar-refractivity contribution is 0.0290. The summed E-state index contributed by atoms with van der Waals surface area (Å²) in [6, 6.07) is 19.8. The van der Waals surface area contributed by atoms with Crippen molar-refractivity contribution in [2.75, 3.05) is 13.2 Å². The van der Waals surface area contributed by atoms with Gasteiger partial charge < -0.3 is 14.8 Å². The third kappa shape index (κ3) is 4.34. The molecule has 4 heteroatoms. The van der Waals surface area contributed by atoms with Crippen LogP contribution in [0.25, 0.3) is 11.1 Å². The quantitative estimate of drug-likeness (QED) is 0.690. The molecule has 1 fully saturated rings. The molecule has 0 aliphatic carbocycles. The van der Waals surface area contributed by atoms with Crippen molar-refractivity contribution >= 4 is 0 Å². The molecule has 1 N–H and O–H groups in total. The van der Waals surface area contributed by atoms with Gasteiger partial charge in [-0.25, -0.2) is 0 Å². The highest BCUT2D eigenvalue weighted by molar-refractivity contribution is 5.64. The highest BCUT2D eigenvalue weighted by Crippen LogP contribution is 2.26. The van der Waals surface area contributed by atoms with E-state index in [4.69, 9.17) is 9.47 Å². The van der Waals surface area contributed by atoms with Crippen molar-refractivity contribution in [3.63, 3.8) is 0 Å². The maximum atomic E-state index is 6.11. The molecule has 0 bridgehead atoms. The van der Waals surface area contributed by atoms with Gasteiger partial charge in [-0.2, -0.15) is 0 Å². The molecule has 5 rings (SSSR count). The van der Waals surface area contributed by atoms with Gasteiger partial charge in [-0.3, -0.25) is 4.98 Å². The third-order valence-electron chi connectivity index (χ3n) is 5.85. The molecule has 148 valence electrons. The molecule has 2 aliphatic rings. The van der Waals surface area contributed by atoms with Crippen molar-refractivity contribution in [1.29, 1.82) is 0 Å². The molecule has 2 aromatic carbocycles. The second-order valence-electron chi connectivity index (χ2n) is 7.97. The Kier molecular flexibility index (Phi) is 5.29. The molecule has 1 aromatic heterocycles. The van der Waals surface area contributed by atoms with E-state index in [0.29, 0.717) is 19.3 Å². The molecule has 3 heterocycles. The Morgan fingerprint density at radius 2 is 1.90 bits per heavy atom. The Morgan fingerprint density at radius 1 is 1.00 bits per heavy atom. The Balaban J connectivity index is 1.27. The van der Waals surface area contributed by atoms with E-state index in [-0.39, 0.29) is 6.10 Å². The van der Waals surface area contributed by atoms with E-state index < -0.39 is 0 Å². The van der Waals surface area contributed by atoms with Gasteiger partial charge >= 0.3 is 0 Å². The molecule has 2 aliphatic heterocycles. The van der Waals surface area contributed by atoms with E-state index in [9.17, 15) is 0 Å². The fraction of sp³-hybridized carbons (Fsp3) is 0.320. The molecule has 0 radical (unpaired) electrons. The van der Waals surface area contributed by atoms with Gasteiger partial charge in [0.15, 0.2) is 0 Å². The van der Waals surface area contributed by atoms with E-state index in [2.05, 4.69) is 64.9 Å². The number of ether oxygens (including phenoxy) is 2. The van der Waals surface area contributed by atoms with Crippen molar-refractivity contribution in [1.82, 2.24) is 10.3 Å². The summed E-state index contributed by atoms with van der Waals surface area (Å²) in [4.78, 5) is 4.38. The minimum atomic E-state index is 0.225. The normalized spacial score (nSPS) is 20.6. The molecule has 0 amide bonds. The molecule has 1 saturated heterocycles. The maximum absolute atomic E-state index is 6.11. The lowest BCUT2D eigenvalue weighted by Crippen LogP contribution is -2.46. The highest BCUT2D eigenvalue weighted by Gasteiger charge is 2.19. The predicted octanol–water partition coefficient (Wildman–Crippen LogP) is 4.17. The zero-order valence-electron chi connectivity index (χ0n) is 16.5. The van der Waals surface area contributed by atoms with Crippen molar-refractivity contribution in [3.05, 3.63) is 83.7 Å². The number of aromatic nitrogens is 1. The molecule has 0 unspecified atom stereocenters. The van der Waals surface area contributed by atoms with Crippen LogP contribution in [-0.4, -0.2) is 30.3 Å². The second-order valence-corrected chi connectivity index (χ2v) is 7.97. The Morgan fingerprint density at radius 3 is 2.76 bits per heavy atom. The van der Waals surface area contributed by atoms with E-state index in [1.54, 1.807) is 6.20 Å². The lowest BCUT2D eigenvalue weighted by Gasteiger charge is -2.27. The summed E-state index contributed by atoms with van der Waals surface area (Å²) < 4.78 is 12.0. The Bertz CT molecular complexity index is 984. The van der Waals surface area contributed by atoms with Crippen molar-refractivity contribution < 1.29 is 9.47 Å². The van der Waals surface area contributed by atoms with Gasteiger partial charge in [0.25, 0.3) is 0 Å². The molecular weight excluding hydrogens is 360 g/mol. The van der Waals surface area contributed by atoms with Crippen LogP contribution < -0.4 is 10.1 Å². The summed E-state index contributed by atoms with van der Waals surface area (Å²) in [5.41, 5.74) is 6.27. The number of nitrogens with one attached hydrogen (secondary N) is 1. The first-order chi connectivity index (χ1) is 14.3. The van der Waals surface area contributed by atoms with Crippen molar-refractivity contribution in [2.45, 2.75) is 38.0 Å². The average Bonchev–Trinajstić information content (AvgIpc) is 2.73. The van der Waals surface area contributed by atoms with Crippen LogP contribution in [0.1, 0.15) is 23.1 Å². The van der Waals surface area contributed by atoms with Crippen LogP contribution in [0, 0.1) is 0 Å². The highest BCUT2D eigenvalue weighted by atomic mass is 16.5. The number of fused-ring (bicyclic) bond motifs is 1. The molecule has 3 aromatic rings. The van der Waals surface area contributed by atoms with Crippen LogP contribution in [0.15, 0.2) is 67.0 Å². The number of rotatable bonds is 6. The number of pyridine rings is 1. The number of nitrogens with zero attached hydrogens (tertiary/aromatic N) is 1. The first-order valence-corrected chi connectivity index (χ1v) is 10.4. The molecule has 29 heavy (non-hydrogen) atoms. The van der Waals surface area contributed by atoms with Gasteiger partial charge in [0.1, 0.15) is 12.4 Å². The summed E-state index contributed by atoms with van der Waals surface area (Å²) in [7, 11) is 0. The van der Waals surface area contributed by atoms with Crippen LogP contribution in [0.5, 0.6) is 5.75 Å². The summed E-state index contributed by atoms with van der Waals surface area (Å²) in [5, 5.41) is 3.36. The lowest BCUT2D eigenvalue weighted by atomic mass is 9.94. The Labute approximate surface area is 171 Å². The van der Waals surface area contributed by atoms with Gasteiger partial charge in [-0.1, -0.05) is 48.5 Å². The van der Waals surface area contributed by atoms with Crippen LogP contribution in [0.2, 0.25) is 0 Å². The predicted molar refractivity (Wildman–Crippen MR) is 114 cm³/mol. The number of hydrogen-bond donors (Lipinski definition) is 1. The fourth-order valence-corrected chi connectivity index (χ4v) is 4.02. The minimum Gasteiger partial charge on any atom is -0.490 e. The van der Waals surface area contributed by atoms with Crippen LogP contribution in [0.4, 0.5) is 0 Å². The summed E-state index contributed by atoms with van der Waals surface area (Å²) in [6.07, 6.45) is 6.99. The number of benzene rings is 2. The van der Waals surface area contributed by atoms with Gasteiger partial charge in [-0.15, -0.1) is 0 Å². The smallest absolute Gasteiger partial charge is 0.138 e. The monoisotopic (exact) mass is 386 g/mol. The van der Waals surface area contributed by atoms with Crippen molar-refractivity contribution in [2.24, 2.45) is 0 Å². The van der Waals surface area contributed by atoms with E-state index in [0.717, 1.165) is 30.7 Å². The summed E-state index contributed by atoms with van der Waals surface area (Å²) in [6.45, 7) is 2.50. The minimum absolute atomic E-state index is 0.225. The zero-order valence-corrected chi connectivity index (χ0v) is 16.5. The molecular formula is C25H26N2O2. The molecule has 2 atom stereocenters. The first kappa shape index (κ1) is 18.3. The third-order valence-corrected chi connectivity index (χ3v) is 5.85. The van der Waals surface area contributed by atoms with E-state index in [1.807, 2.05) is 6.20 Å². The summed E-state index contributed by atoms with van der Waals surface area (Å²) in [5.74, 6) is 0.828. The topological polar surface area (TPSA) is 43.4 Å².